The fourth-order valence-electron chi connectivity index (χ4n) is 3.33. The number of anilines is 2. The molecule has 1 N–H and O–H groups in total. The Kier molecular flexibility index (Phi) is 5.46. The number of rotatable bonds is 3. The molecule has 7 nitrogen and oxygen atoms in total. The van der Waals surface area contributed by atoms with Crippen LogP contribution in [0, 0.1) is 5.92 Å². The Hall–Kier alpha value is -2.59. The van der Waals surface area contributed by atoms with E-state index in [-0.39, 0.29) is 22.5 Å². The highest BCUT2D eigenvalue weighted by Gasteiger charge is 2.38. The Balaban J connectivity index is 1.44. The standard InChI is InChI=1S/C18H15Cl2F3N6O/c19-11-2-1-3-12(15(11)20)24-16(30)10-6-8-28(9-7-10)14-5-4-13-25-26-17(18(21,22)23)29(13)27-14/h1-5,10H,6-9H2,(H,24,30). The molecule has 0 unspecified atom stereocenters. The van der Waals surface area contributed by atoms with E-state index in [0.717, 1.165) is 0 Å². The molecule has 158 valence electrons. The number of alkyl halides is 3. The molecule has 1 aliphatic rings. The van der Waals surface area contributed by atoms with Crippen molar-refractivity contribution in [3.8, 4) is 0 Å². The van der Waals surface area contributed by atoms with Gasteiger partial charge in [0, 0.05) is 19.0 Å². The highest BCUT2D eigenvalue weighted by atomic mass is 35.5. The summed E-state index contributed by atoms with van der Waals surface area (Å²) in [6, 6.07) is 8.01. The minimum atomic E-state index is -4.66. The number of aromatic nitrogens is 4. The van der Waals surface area contributed by atoms with Crippen LogP contribution >= 0.6 is 23.2 Å². The number of halogens is 5. The molecule has 0 radical (unpaired) electrons. The van der Waals surface area contributed by atoms with Crippen molar-refractivity contribution in [2.75, 3.05) is 23.3 Å². The first-order chi connectivity index (χ1) is 14.2. The monoisotopic (exact) mass is 458 g/mol. The maximum atomic E-state index is 13.1. The van der Waals surface area contributed by atoms with Crippen LogP contribution in [-0.2, 0) is 11.0 Å². The molecule has 0 atom stereocenters. The molecule has 1 aromatic carbocycles. The van der Waals surface area contributed by atoms with E-state index >= 15 is 0 Å². The Bertz CT molecular complexity index is 1100. The molecule has 12 heteroatoms. The topological polar surface area (TPSA) is 75.4 Å². The zero-order chi connectivity index (χ0) is 21.5. The molecule has 0 spiro atoms. The van der Waals surface area contributed by atoms with Crippen LogP contribution in [0.4, 0.5) is 24.7 Å². The third kappa shape index (κ3) is 4.01. The Morgan fingerprint density at radius 1 is 1.10 bits per heavy atom. The Morgan fingerprint density at radius 2 is 1.83 bits per heavy atom. The first-order valence-electron chi connectivity index (χ1n) is 9.03. The first-order valence-corrected chi connectivity index (χ1v) is 9.79. The predicted molar refractivity (Wildman–Crippen MR) is 106 cm³/mol. The van der Waals surface area contributed by atoms with Crippen molar-refractivity contribution in [2.45, 2.75) is 19.0 Å². The molecule has 3 heterocycles. The Labute approximate surface area is 178 Å². The number of amides is 1. The van der Waals surface area contributed by atoms with Crippen LogP contribution < -0.4 is 10.2 Å². The molecule has 4 rings (SSSR count). The summed E-state index contributed by atoms with van der Waals surface area (Å²) < 4.78 is 39.9. The van der Waals surface area contributed by atoms with E-state index in [4.69, 9.17) is 23.2 Å². The SMILES string of the molecule is O=C(Nc1cccc(Cl)c1Cl)C1CCN(c2ccc3nnc(C(F)(F)F)n3n2)CC1. The van der Waals surface area contributed by atoms with E-state index in [1.54, 1.807) is 24.3 Å². The summed E-state index contributed by atoms with van der Waals surface area (Å²) in [6.07, 6.45) is -3.63. The molecule has 1 fully saturated rings. The van der Waals surface area contributed by atoms with E-state index in [1.165, 1.54) is 6.07 Å². The van der Waals surface area contributed by atoms with Crippen molar-refractivity contribution in [1.82, 2.24) is 19.8 Å². The maximum absolute atomic E-state index is 13.1. The second kappa shape index (κ2) is 7.92. The molecule has 0 saturated carbocycles. The van der Waals surface area contributed by atoms with Gasteiger partial charge in [-0.3, -0.25) is 4.79 Å². The second-order valence-corrected chi connectivity index (χ2v) is 7.62. The maximum Gasteiger partial charge on any atom is 0.453 e. The van der Waals surface area contributed by atoms with Gasteiger partial charge in [-0.15, -0.1) is 15.3 Å². The van der Waals surface area contributed by atoms with Crippen molar-refractivity contribution in [1.29, 1.82) is 0 Å². The van der Waals surface area contributed by atoms with Gasteiger partial charge in [-0.2, -0.15) is 17.7 Å². The van der Waals surface area contributed by atoms with Crippen LogP contribution in [0.15, 0.2) is 30.3 Å². The molecule has 0 bridgehead atoms. The average Bonchev–Trinajstić information content (AvgIpc) is 3.15. The number of fused-ring (bicyclic) bond motifs is 1. The van der Waals surface area contributed by atoms with Crippen molar-refractivity contribution < 1.29 is 18.0 Å². The third-order valence-electron chi connectivity index (χ3n) is 4.90. The summed E-state index contributed by atoms with van der Waals surface area (Å²) in [7, 11) is 0. The molecule has 2 aromatic heterocycles. The van der Waals surface area contributed by atoms with E-state index in [1.807, 2.05) is 4.90 Å². The zero-order valence-corrected chi connectivity index (χ0v) is 16.8. The summed E-state index contributed by atoms with van der Waals surface area (Å²) in [6.45, 7) is 0.923. The highest BCUT2D eigenvalue weighted by molar-refractivity contribution is 6.44. The van der Waals surface area contributed by atoms with Crippen LogP contribution in [0.1, 0.15) is 18.7 Å². The smallest absolute Gasteiger partial charge is 0.355 e. The molecule has 1 aliphatic heterocycles. The lowest BCUT2D eigenvalue weighted by atomic mass is 9.96. The van der Waals surface area contributed by atoms with Gasteiger partial charge < -0.3 is 10.2 Å². The molecule has 0 aliphatic carbocycles. The van der Waals surface area contributed by atoms with Crippen molar-refractivity contribution >= 4 is 46.3 Å². The summed E-state index contributed by atoms with van der Waals surface area (Å²) in [5.41, 5.74) is 0.453. The van der Waals surface area contributed by atoms with Gasteiger partial charge in [0.05, 0.1) is 15.7 Å². The summed E-state index contributed by atoms with van der Waals surface area (Å²) >= 11 is 12.1. The molecule has 1 saturated heterocycles. The predicted octanol–water partition coefficient (Wildman–Crippen LogP) is 4.31. The fourth-order valence-corrected chi connectivity index (χ4v) is 3.68. The molecular formula is C18H15Cl2F3N6O. The molecule has 1 amide bonds. The first kappa shape index (κ1) is 20.7. The Morgan fingerprint density at radius 3 is 2.53 bits per heavy atom. The van der Waals surface area contributed by atoms with Crippen LogP contribution in [0.5, 0.6) is 0 Å². The normalized spacial score (nSPS) is 15.6. The van der Waals surface area contributed by atoms with E-state index in [0.29, 0.717) is 47.0 Å². The van der Waals surface area contributed by atoms with Crippen molar-refractivity contribution in [2.24, 2.45) is 5.92 Å². The lowest BCUT2D eigenvalue weighted by Gasteiger charge is -2.32. The van der Waals surface area contributed by atoms with Gasteiger partial charge in [-0.25, -0.2) is 0 Å². The number of hydrogen-bond donors (Lipinski definition) is 1. The van der Waals surface area contributed by atoms with Crippen LogP contribution in [0.2, 0.25) is 10.0 Å². The van der Waals surface area contributed by atoms with E-state index < -0.39 is 12.0 Å². The van der Waals surface area contributed by atoms with Crippen molar-refractivity contribution in [3.63, 3.8) is 0 Å². The average molecular weight is 459 g/mol. The minimum Gasteiger partial charge on any atom is -0.355 e. The largest absolute Gasteiger partial charge is 0.453 e. The summed E-state index contributed by atoms with van der Waals surface area (Å²) in [5.74, 6) is -1.25. The van der Waals surface area contributed by atoms with Gasteiger partial charge in [-0.1, -0.05) is 29.3 Å². The summed E-state index contributed by atoms with van der Waals surface area (Å²) in [4.78, 5) is 14.4. The number of nitrogens with one attached hydrogen (secondary N) is 1. The molecule has 3 aromatic rings. The highest BCUT2D eigenvalue weighted by Crippen LogP contribution is 2.31. The number of hydrogen-bond acceptors (Lipinski definition) is 5. The van der Waals surface area contributed by atoms with Gasteiger partial charge in [0.1, 0.15) is 5.82 Å². The van der Waals surface area contributed by atoms with Gasteiger partial charge in [0.2, 0.25) is 5.91 Å². The summed E-state index contributed by atoms with van der Waals surface area (Å²) in [5, 5.41) is 14.1. The van der Waals surface area contributed by atoms with Gasteiger partial charge >= 0.3 is 6.18 Å². The van der Waals surface area contributed by atoms with Gasteiger partial charge in [-0.05, 0) is 37.1 Å². The number of carbonyl (C=O) groups is 1. The van der Waals surface area contributed by atoms with Crippen LogP contribution in [0.25, 0.3) is 5.65 Å². The van der Waals surface area contributed by atoms with Crippen LogP contribution in [-0.4, -0.2) is 38.8 Å². The second-order valence-electron chi connectivity index (χ2n) is 6.83. The lowest BCUT2D eigenvalue weighted by Crippen LogP contribution is -2.38. The molecular weight excluding hydrogens is 444 g/mol. The van der Waals surface area contributed by atoms with Crippen LogP contribution in [0.3, 0.4) is 0 Å². The number of piperidine rings is 1. The van der Waals surface area contributed by atoms with Gasteiger partial charge in [0.15, 0.2) is 5.65 Å². The minimum absolute atomic E-state index is 0.0127. The van der Waals surface area contributed by atoms with E-state index in [2.05, 4.69) is 20.6 Å². The quantitative estimate of drug-likeness (QED) is 0.632. The zero-order valence-electron chi connectivity index (χ0n) is 15.3. The van der Waals surface area contributed by atoms with Crippen molar-refractivity contribution in [3.05, 3.63) is 46.2 Å². The van der Waals surface area contributed by atoms with E-state index in [9.17, 15) is 18.0 Å². The molecule has 30 heavy (non-hydrogen) atoms. The van der Waals surface area contributed by atoms with Gasteiger partial charge in [0.25, 0.3) is 5.82 Å². The number of nitrogens with zero attached hydrogens (tertiary/aromatic N) is 5. The fraction of sp³-hybridized carbons (Fsp3) is 0.333. The third-order valence-corrected chi connectivity index (χ3v) is 5.72. The lowest BCUT2D eigenvalue weighted by molar-refractivity contribution is -0.146. The number of benzene rings is 1. The number of carbonyl (C=O) groups excluding carboxylic acids is 1.